The Balaban J connectivity index is 2.06. The van der Waals surface area contributed by atoms with Crippen molar-refractivity contribution in [2.75, 3.05) is 13.7 Å². The lowest BCUT2D eigenvalue weighted by Crippen LogP contribution is -2.17. The molecule has 0 aliphatic rings. The van der Waals surface area contributed by atoms with Gasteiger partial charge in [0.05, 0.1) is 30.8 Å². The minimum atomic E-state index is -0.0918. The molecule has 1 aromatic carbocycles. The number of aromatic nitrogens is 2. The molecule has 25 heavy (non-hydrogen) atoms. The molecule has 0 aliphatic carbocycles. The van der Waals surface area contributed by atoms with Gasteiger partial charge in [-0.3, -0.25) is 9.78 Å². The molecule has 3 aromatic rings. The first-order chi connectivity index (χ1) is 12.0. The van der Waals surface area contributed by atoms with Gasteiger partial charge in [-0.05, 0) is 30.9 Å². The molecule has 3 rings (SSSR count). The van der Waals surface area contributed by atoms with E-state index >= 15 is 0 Å². The van der Waals surface area contributed by atoms with Gasteiger partial charge in [0.1, 0.15) is 11.5 Å². The molecule has 2 heterocycles. The van der Waals surface area contributed by atoms with Gasteiger partial charge in [0.25, 0.3) is 5.56 Å². The summed E-state index contributed by atoms with van der Waals surface area (Å²) in [6, 6.07) is 5.85. The molecular weight excluding hydrogens is 316 g/mol. The Kier molecular flexibility index (Phi) is 4.93. The number of hydrogen-bond donors (Lipinski definition) is 0. The maximum absolute atomic E-state index is 12.7. The lowest BCUT2D eigenvalue weighted by Gasteiger charge is -2.13. The fraction of sp³-hybridized carbons (Fsp3) is 0.400. The highest BCUT2D eigenvalue weighted by molar-refractivity contribution is 6.08. The smallest absolute Gasteiger partial charge is 0.260 e. The van der Waals surface area contributed by atoms with Crippen LogP contribution in [0.4, 0.5) is 0 Å². The van der Waals surface area contributed by atoms with Gasteiger partial charge in [-0.1, -0.05) is 13.8 Å². The molecule has 0 radical (unpaired) electrons. The van der Waals surface area contributed by atoms with E-state index in [4.69, 9.17) is 9.47 Å². The van der Waals surface area contributed by atoms with Gasteiger partial charge in [-0.2, -0.15) is 0 Å². The Morgan fingerprint density at radius 3 is 2.72 bits per heavy atom. The van der Waals surface area contributed by atoms with Gasteiger partial charge in [0.2, 0.25) is 0 Å². The number of benzene rings is 1. The number of aryl methyl sites for hydroxylation is 1. The lowest BCUT2D eigenvalue weighted by atomic mass is 10.1. The van der Waals surface area contributed by atoms with Crippen LogP contribution < -0.4 is 15.0 Å². The predicted molar refractivity (Wildman–Crippen MR) is 101 cm³/mol. The molecule has 5 heteroatoms. The van der Waals surface area contributed by atoms with Gasteiger partial charge in [0, 0.05) is 30.1 Å². The molecule has 0 N–H and O–H groups in total. The van der Waals surface area contributed by atoms with Crippen LogP contribution in [0.15, 0.2) is 35.4 Å². The summed E-state index contributed by atoms with van der Waals surface area (Å²) in [6.45, 7) is 5.09. The van der Waals surface area contributed by atoms with E-state index in [0.717, 1.165) is 34.9 Å². The van der Waals surface area contributed by atoms with Crippen LogP contribution in [-0.2, 0) is 7.05 Å². The van der Waals surface area contributed by atoms with E-state index in [1.54, 1.807) is 31.1 Å². The molecule has 132 valence electrons. The maximum Gasteiger partial charge on any atom is 0.260 e. The van der Waals surface area contributed by atoms with E-state index in [0.29, 0.717) is 23.7 Å². The van der Waals surface area contributed by atoms with Crippen molar-refractivity contribution < 1.29 is 9.47 Å². The number of nitrogens with zero attached hydrogens (tertiary/aromatic N) is 2. The molecule has 0 saturated carbocycles. The molecule has 0 amide bonds. The van der Waals surface area contributed by atoms with E-state index in [1.807, 2.05) is 18.2 Å². The monoisotopic (exact) mass is 340 g/mol. The molecular formula is C20H24N2O3. The second-order valence-electron chi connectivity index (χ2n) is 6.69. The predicted octanol–water partition coefficient (Wildman–Crippen LogP) is 3.91. The molecule has 0 aliphatic heterocycles. The fourth-order valence-electron chi connectivity index (χ4n) is 3.10. The summed E-state index contributed by atoms with van der Waals surface area (Å²) in [5.74, 6) is 2.05. The second kappa shape index (κ2) is 7.13. The molecule has 0 atom stereocenters. The number of hydrogen-bond acceptors (Lipinski definition) is 4. The van der Waals surface area contributed by atoms with E-state index in [2.05, 4.69) is 18.8 Å². The van der Waals surface area contributed by atoms with Gasteiger partial charge in [-0.15, -0.1) is 0 Å². The number of ether oxygens (including phenoxy) is 2. The van der Waals surface area contributed by atoms with Crippen LogP contribution in [0.5, 0.6) is 11.5 Å². The first kappa shape index (κ1) is 17.3. The lowest BCUT2D eigenvalue weighted by molar-refractivity contribution is 0.298. The summed E-state index contributed by atoms with van der Waals surface area (Å²) in [6.07, 6.45) is 5.39. The van der Waals surface area contributed by atoms with Gasteiger partial charge >= 0.3 is 0 Å². The number of rotatable bonds is 6. The summed E-state index contributed by atoms with van der Waals surface area (Å²) >= 11 is 0. The zero-order valence-corrected chi connectivity index (χ0v) is 15.2. The normalized spacial score (nSPS) is 11.4. The zero-order valence-electron chi connectivity index (χ0n) is 15.2. The molecule has 0 bridgehead atoms. The van der Waals surface area contributed by atoms with Gasteiger partial charge in [-0.25, -0.2) is 0 Å². The Morgan fingerprint density at radius 1 is 1.20 bits per heavy atom. The van der Waals surface area contributed by atoms with Gasteiger partial charge in [0.15, 0.2) is 0 Å². The molecule has 0 fully saturated rings. The van der Waals surface area contributed by atoms with E-state index in [1.165, 1.54) is 0 Å². The highest BCUT2D eigenvalue weighted by atomic mass is 16.5. The molecule has 2 aromatic heterocycles. The highest BCUT2D eigenvalue weighted by Gasteiger charge is 2.13. The molecule has 0 unspecified atom stereocenters. The summed E-state index contributed by atoms with van der Waals surface area (Å²) < 4.78 is 12.9. The topological polar surface area (TPSA) is 53.3 Å². The number of methoxy groups -OCH3 is 1. The van der Waals surface area contributed by atoms with Crippen molar-refractivity contribution in [3.63, 3.8) is 0 Å². The SMILES string of the molecule is COc1cncc2c(=O)n(C)c3cc(OCCCC(C)C)ccc3c12. The molecule has 5 nitrogen and oxygen atoms in total. The minimum absolute atomic E-state index is 0.0918. The standard InChI is InChI=1S/C20H24N2O3/c1-13(2)6-5-9-25-14-7-8-15-17(10-14)22(3)20(23)16-11-21-12-18(24-4)19(15)16/h7-8,10-13H,5-6,9H2,1-4H3. The molecule has 0 saturated heterocycles. The first-order valence-electron chi connectivity index (χ1n) is 8.60. The summed E-state index contributed by atoms with van der Waals surface area (Å²) in [7, 11) is 3.36. The van der Waals surface area contributed by atoms with Gasteiger partial charge < -0.3 is 14.0 Å². The third-order valence-corrected chi connectivity index (χ3v) is 4.46. The van der Waals surface area contributed by atoms with Crippen LogP contribution in [0.1, 0.15) is 26.7 Å². The second-order valence-corrected chi connectivity index (χ2v) is 6.69. The van der Waals surface area contributed by atoms with Crippen LogP contribution >= 0.6 is 0 Å². The third-order valence-electron chi connectivity index (χ3n) is 4.46. The summed E-state index contributed by atoms with van der Waals surface area (Å²) in [5.41, 5.74) is 0.731. The Labute approximate surface area is 147 Å². The minimum Gasteiger partial charge on any atom is -0.494 e. The fourth-order valence-corrected chi connectivity index (χ4v) is 3.10. The van der Waals surface area contributed by atoms with E-state index in [-0.39, 0.29) is 5.56 Å². The Bertz CT molecular complexity index is 960. The van der Waals surface area contributed by atoms with Crippen molar-refractivity contribution in [2.45, 2.75) is 26.7 Å². The summed E-state index contributed by atoms with van der Waals surface area (Å²) in [4.78, 5) is 16.8. The largest absolute Gasteiger partial charge is 0.494 e. The van der Waals surface area contributed by atoms with Crippen LogP contribution in [0.2, 0.25) is 0 Å². The van der Waals surface area contributed by atoms with Crippen molar-refractivity contribution >= 4 is 21.7 Å². The Morgan fingerprint density at radius 2 is 2.00 bits per heavy atom. The zero-order chi connectivity index (χ0) is 18.0. The van der Waals surface area contributed by atoms with E-state index < -0.39 is 0 Å². The van der Waals surface area contributed by atoms with Crippen molar-refractivity contribution in [3.05, 3.63) is 40.9 Å². The van der Waals surface area contributed by atoms with Crippen molar-refractivity contribution in [1.29, 1.82) is 0 Å². The average Bonchev–Trinajstić information content (AvgIpc) is 2.62. The van der Waals surface area contributed by atoms with Crippen LogP contribution in [0.25, 0.3) is 21.7 Å². The quantitative estimate of drug-likeness (QED) is 0.504. The first-order valence-corrected chi connectivity index (χ1v) is 8.60. The summed E-state index contributed by atoms with van der Waals surface area (Å²) in [5, 5.41) is 2.30. The molecule has 0 spiro atoms. The van der Waals surface area contributed by atoms with E-state index in [9.17, 15) is 4.79 Å². The third kappa shape index (κ3) is 3.31. The van der Waals surface area contributed by atoms with Crippen molar-refractivity contribution in [3.8, 4) is 11.5 Å². The number of pyridine rings is 2. The van der Waals surface area contributed by atoms with Crippen LogP contribution in [0.3, 0.4) is 0 Å². The van der Waals surface area contributed by atoms with Crippen LogP contribution in [0, 0.1) is 5.92 Å². The number of fused-ring (bicyclic) bond motifs is 3. The average molecular weight is 340 g/mol. The maximum atomic E-state index is 12.7. The Hall–Kier alpha value is -2.56. The van der Waals surface area contributed by atoms with Crippen molar-refractivity contribution in [1.82, 2.24) is 9.55 Å². The highest BCUT2D eigenvalue weighted by Crippen LogP contribution is 2.31. The van der Waals surface area contributed by atoms with Crippen molar-refractivity contribution in [2.24, 2.45) is 13.0 Å². The van der Waals surface area contributed by atoms with Crippen LogP contribution in [-0.4, -0.2) is 23.3 Å².